The quantitative estimate of drug-likeness (QED) is 0.774. The molecule has 18 heavy (non-hydrogen) atoms. The number of hydrogen-bond acceptors (Lipinski definition) is 4. The predicted octanol–water partition coefficient (Wildman–Crippen LogP) is 1.73. The van der Waals surface area contributed by atoms with Gasteiger partial charge in [0.05, 0.1) is 17.9 Å². The van der Waals surface area contributed by atoms with E-state index in [9.17, 15) is 8.42 Å². The van der Waals surface area contributed by atoms with Gasteiger partial charge < -0.3 is 0 Å². The second-order valence-corrected chi connectivity index (χ2v) is 6.78. The van der Waals surface area contributed by atoms with E-state index in [4.69, 9.17) is 5.26 Å². The van der Waals surface area contributed by atoms with E-state index in [-0.39, 0.29) is 0 Å². The van der Waals surface area contributed by atoms with Crippen LogP contribution in [0, 0.1) is 11.3 Å². The highest BCUT2D eigenvalue weighted by Gasteiger charge is 2.01. The zero-order chi connectivity index (χ0) is 13.4. The van der Waals surface area contributed by atoms with E-state index >= 15 is 0 Å². The Labute approximate surface area is 112 Å². The number of nitriles is 1. The van der Waals surface area contributed by atoms with Gasteiger partial charge in [-0.15, -0.1) is 0 Å². The maximum atomic E-state index is 10.8. The summed E-state index contributed by atoms with van der Waals surface area (Å²) in [6.07, 6.45) is 1.94. The van der Waals surface area contributed by atoms with Crippen molar-refractivity contribution >= 4 is 21.8 Å². The Hall–Kier alpha value is -1.03. The molecule has 0 unspecified atom stereocenters. The standard InChI is InChI=1S/C12H16N2O2S2/c1-18(15,16)14-7-4-8-17-10-12-6-3-2-5-11(12)9-13/h2-3,5-6,14H,4,7-8,10H2,1H3. The van der Waals surface area contributed by atoms with Crippen molar-refractivity contribution in [3.63, 3.8) is 0 Å². The number of sulfonamides is 1. The van der Waals surface area contributed by atoms with Crippen LogP contribution in [0.5, 0.6) is 0 Å². The summed E-state index contributed by atoms with van der Waals surface area (Å²) in [4.78, 5) is 0. The summed E-state index contributed by atoms with van der Waals surface area (Å²) >= 11 is 1.70. The van der Waals surface area contributed by atoms with Crippen molar-refractivity contribution < 1.29 is 8.42 Å². The van der Waals surface area contributed by atoms with Crippen molar-refractivity contribution in [3.8, 4) is 6.07 Å². The zero-order valence-electron chi connectivity index (χ0n) is 10.2. The van der Waals surface area contributed by atoms with Crippen LogP contribution >= 0.6 is 11.8 Å². The average Bonchev–Trinajstić information content (AvgIpc) is 2.32. The molecular weight excluding hydrogens is 268 g/mol. The van der Waals surface area contributed by atoms with E-state index in [0.717, 1.165) is 29.7 Å². The summed E-state index contributed by atoms with van der Waals surface area (Å²) in [5.74, 6) is 1.64. The topological polar surface area (TPSA) is 70.0 Å². The van der Waals surface area contributed by atoms with E-state index in [0.29, 0.717) is 12.1 Å². The first kappa shape index (κ1) is 15.0. The number of benzene rings is 1. The van der Waals surface area contributed by atoms with Gasteiger partial charge in [0.2, 0.25) is 10.0 Å². The third-order valence-electron chi connectivity index (χ3n) is 2.23. The second kappa shape index (κ2) is 7.41. The highest BCUT2D eigenvalue weighted by molar-refractivity contribution is 7.98. The molecule has 1 aromatic rings. The predicted molar refractivity (Wildman–Crippen MR) is 74.8 cm³/mol. The van der Waals surface area contributed by atoms with Crippen LogP contribution in [-0.4, -0.2) is 27.0 Å². The molecule has 0 saturated carbocycles. The third-order valence-corrected chi connectivity index (χ3v) is 4.05. The molecule has 0 aliphatic carbocycles. The lowest BCUT2D eigenvalue weighted by Crippen LogP contribution is -2.23. The Balaban J connectivity index is 2.24. The molecule has 98 valence electrons. The molecule has 4 nitrogen and oxygen atoms in total. The Bertz CT molecular complexity index is 521. The molecular formula is C12H16N2O2S2. The lowest BCUT2D eigenvalue weighted by atomic mass is 10.1. The molecule has 0 spiro atoms. The number of hydrogen-bond donors (Lipinski definition) is 1. The monoisotopic (exact) mass is 284 g/mol. The number of rotatable bonds is 7. The molecule has 1 rings (SSSR count). The first-order chi connectivity index (χ1) is 8.53. The van der Waals surface area contributed by atoms with E-state index in [1.807, 2.05) is 18.2 Å². The minimum absolute atomic E-state index is 0.464. The molecule has 0 bridgehead atoms. The summed E-state index contributed by atoms with van der Waals surface area (Å²) < 4.78 is 24.1. The zero-order valence-corrected chi connectivity index (χ0v) is 11.9. The van der Waals surface area contributed by atoms with Gasteiger partial charge in [-0.25, -0.2) is 13.1 Å². The molecule has 6 heteroatoms. The first-order valence-electron chi connectivity index (χ1n) is 5.53. The number of nitrogens with one attached hydrogen (secondary N) is 1. The maximum absolute atomic E-state index is 10.8. The summed E-state index contributed by atoms with van der Waals surface area (Å²) in [5.41, 5.74) is 1.74. The SMILES string of the molecule is CS(=O)(=O)NCCCSCc1ccccc1C#N. The fraction of sp³-hybridized carbons (Fsp3) is 0.417. The van der Waals surface area contributed by atoms with Gasteiger partial charge in [0.25, 0.3) is 0 Å². The van der Waals surface area contributed by atoms with Crippen LogP contribution in [0.25, 0.3) is 0 Å². The van der Waals surface area contributed by atoms with Gasteiger partial charge in [0, 0.05) is 12.3 Å². The Morgan fingerprint density at radius 3 is 2.78 bits per heavy atom. The van der Waals surface area contributed by atoms with Gasteiger partial charge in [0.15, 0.2) is 0 Å². The molecule has 1 aromatic carbocycles. The van der Waals surface area contributed by atoms with Crippen molar-refractivity contribution in [1.29, 1.82) is 5.26 Å². The Morgan fingerprint density at radius 1 is 1.39 bits per heavy atom. The summed E-state index contributed by atoms with van der Waals surface area (Å²) in [7, 11) is -3.08. The number of nitrogens with zero attached hydrogens (tertiary/aromatic N) is 1. The highest BCUT2D eigenvalue weighted by atomic mass is 32.2. The fourth-order valence-corrected chi connectivity index (χ4v) is 2.85. The van der Waals surface area contributed by atoms with Crippen LogP contribution in [-0.2, 0) is 15.8 Å². The molecule has 0 fully saturated rings. The molecule has 0 aliphatic heterocycles. The van der Waals surface area contributed by atoms with Crippen LogP contribution in [0.4, 0.5) is 0 Å². The van der Waals surface area contributed by atoms with Crippen LogP contribution in [0.1, 0.15) is 17.5 Å². The van der Waals surface area contributed by atoms with E-state index in [2.05, 4.69) is 10.8 Å². The average molecular weight is 284 g/mol. The van der Waals surface area contributed by atoms with Crippen molar-refractivity contribution in [2.75, 3.05) is 18.6 Å². The van der Waals surface area contributed by atoms with Gasteiger partial charge in [-0.3, -0.25) is 0 Å². The third kappa shape index (κ3) is 6.05. The van der Waals surface area contributed by atoms with E-state index in [1.165, 1.54) is 0 Å². The Kier molecular flexibility index (Phi) is 6.19. The smallest absolute Gasteiger partial charge is 0.208 e. The van der Waals surface area contributed by atoms with E-state index in [1.54, 1.807) is 17.8 Å². The minimum Gasteiger partial charge on any atom is -0.215 e. The van der Waals surface area contributed by atoms with Crippen LogP contribution in [0.3, 0.4) is 0 Å². The van der Waals surface area contributed by atoms with Gasteiger partial charge in [0.1, 0.15) is 0 Å². The van der Waals surface area contributed by atoms with Gasteiger partial charge in [-0.2, -0.15) is 17.0 Å². The van der Waals surface area contributed by atoms with Crippen LogP contribution in [0.15, 0.2) is 24.3 Å². The lowest BCUT2D eigenvalue weighted by Gasteiger charge is -2.04. The van der Waals surface area contributed by atoms with Crippen molar-refractivity contribution in [3.05, 3.63) is 35.4 Å². The molecule has 0 heterocycles. The van der Waals surface area contributed by atoms with Crippen molar-refractivity contribution in [2.45, 2.75) is 12.2 Å². The van der Waals surface area contributed by atoms with Crippen LogP contribution in [0.2, 0.25) is 0 Å². The maximum Gasteiger partial charge on any atom is 0.208 e. The second-order valence-electron chi connectivity index (χ2n) is 3.84. The molecule has 0 radical (unpaired) electrons. The van der Waals surface area contributed by atoms with Gasteiger partial charge in [-0.1, -0.05) is 18.2 Å². The molecule has 0 saturated heterocycles. The Morgan fingerprint density at radius 2 is 2.11 bits per heavy atom. The first-order valence-corrected chi connectivity index (χ1v) is 8.58. The fourth-order valence-electron chi connectivity index (χ4n) is 1.37. The summed E-state index contributed by atoms with van der Waals surface area (Å²) in [6.45, 7) is 0.464. The molecule has 0 aliphatic rings. The summed E-state index contributed by atoms with van der Waals surface area (Å²) in [6, 6.07) is 9.68. The largest absolute Gasteiger partial charge is 0.215 e. The van der Waals surface area contributed by atoms with Crippen molar-refractivity contribution in [2.24, 2.45) is 0 Å². The molecule has 0 atom stereocenters. The minimum atomic E-state index is -3.08. The molecule has 0 amide bonds. The number of thioether (sulfide) groups is 1. The van der Waals surface area contributed by atoms with Gasteiger partial charge in [-0.05, 0) is 23.8 Å². The normalized spacial score (nSPS) is 11.1. The van der Waals surface area contributed by atoms with Crippen LogP contribution < -0.4 is 4.72 Å². The van der Waals surface area contributed by atoms with Crippen molar-refractivity contribution in [1.82, 2.24) is 4.72 Å². The van der Waals surface area contributed by atoms with E-state index < -0.39 is 10.0 Å². The van der Waals surface area contributed by atoms with Gasteiger partial charge >= 0.3 is 0 Å². The summed E-state index contributed by atoms with van der Waals surface area (Å²) in [5, 5.41) is 8.91. The lowest BCUT2D eigenvalue weighted by molar-refractivity contribution is 0.587. The molecule has 1 N–H and O–H groups in total. The highest BCUT2D eigenvalue weighted by Crippen LogP contribution is 2.16. The molecule has 0 aromatic heterocycles.